The fourth-order valence-electron chi connectivity index (χ4n) is 1.12. The van der Waals surface area contributed by atoms with Gasteiger partial charge in [-0.05, 0) is 15.9 Å². The van der Waals surface area contributed by atoms with E-state index in [2.05, 4.69) is 20.9 Å². The van der Waals surface area contributed by atoms with Crippen LogP contribution in [0.5, 0.6) is 5.75 Å². The van der Waals surface area contributed by atoms with Crippen molar-refractivity contribution in [1.29, 1.82) is 0 Å². The van der Waals surface area contributed by atoms with Crippen molar-refractivity contribution in [2.45, 2.75) is 6.10 Å². The number of halogens is 1. The van der Waals surface area contributed by atoms with Gasteiger partial charge in [-0.1, -0.05) is 0 Å². The zero-order chi connectivity index (χ0) is 8.55. The van der Waals surface area contributed by atoms with E-state index in [9.17, 15) is 0 Å². The van der Waals surface area contributed by atoms with Gasteiger partial charge >= 0.3 is 0 Å². The molecule has 0 bridgehead atoms. The highest BCUT2D eigenvalue weighted by atomic mass is 79.9. The van der Waals surface area contributed by atoms with E-state index in [1.807, 2.05) is 0 Å². The molecule has 1 fully saturated rings. The monoisotopic (exact) mass is 229 g/mol. The maximum absolute atomic E-state index is 5.18. The van der Waals surface area contributed by atoms with Gasteiger partial charge in [-0.25, -0.2) is 0 Å². The molecule has 2 rings (SSSR count). The summed E-state index contributed by atoms with van der Waals surface area (Å²) < 4.78 is 11.3. The highest BCUT2D eigenvalue weighted by Gasteiger charge is 2.30. The maximum atomic E-state index is 5.18. The molecular formula is C8H8BrNO2. The zero-order valence-electron chi connectivity index (χ0n) is 6.58. The summed E-state index contributed by atoms with van der Waals surface area (Å²) in [5.41, 5.74) is 1.06. The Morgan fingerprint density at radius 1 is 1.67 bits per heavy atom. The van der Waals surface area contributed by atoms with E-state index in [1.165, 1.54) is 0 Å². The number of hydrogen-bond donors (Lipinski definition) is 0. The van der Waals surface area contributed by atoms with Crippen LogP contribution >= 0.6 is 15.9 Å². The van der Waals surface area contributed by atoms with Gasteiger partial charge in [0.05, 0.1) is 19.9 Å². The number of nitrogens with zero attached hydrogens (tertiary/aromatic N) is 1. The lowest BCUT2D eigenvalue weighted by molar-refractivity contribution is 0.381. The molecule has 64 valence electrons. The topological polar surface area (TPSA) is 34.6 Å². The molecule has 2 heterocycles. The smallest absolute Gasteiger partial charge is 0.144 e. The molecule has 4 heteroatoms. The van der Waals surface area contributed by atoms with Crippen molar-refractivity contribution in [2.75, 3.05) is 13.7 Å². The van der Waals surface area contributed by atoms with E-state index in [4.69, 9.17) is 9.47 Å². The van der Waals surface area contributed by atoms with Crippen molar-refractivity contribution in [3.05, 3.63) is 22.4 Å². The quantitative estimate of drug-likeness (QED) is 0.728. The van der Waals surface area contributed by atoms with Crippen LogP contribution in [0.15, 0.2) is 16.9 Å². The van der Waals surface area contributed by atoms with E-state index in [1.54, 1.807) is 19.5 Å². The van der Waals surface area contributed by atoms with Crippen LogP contribution in [0.2, 0.25) is 0 Å². The van der Waals surface area contributed by atoms with Gasteiger partial charge in [0.25, 0.3) is 0 Å². The second-order valence-electron chi connectivity index (χ2n) is 2.56. The highest BCUT2D eigenvalue weighted by Crippen LogP contribution is 2.40. The molecule has 1 aliphatic heterocycles. The molecular weight excluding hydrogens is 222 g/mol. The second-order valence-corrected chi connectivity index (χ2v) is 3.41. The third-order valence-electron chi connectivity index (χ3n) is 1.78. The Labute approximate surface area is 78.8 Å². The number of hydrogen-bond acceptors (Lipinski definition) is 3. The number of aromatic nitrogens is 1. The van der Waals surface area contributed by atoms with E-state index < -0.39 is 0 Å². The Balaban J connectivity index is 2.45. The van der Waals surface area contributed by atoms with Gasteiger partial charge in [0, 0.05) is 16.2 Å². The molecule has 0 aliphatic carbocycles. The Morgan fingerprint density at radius 3 is 3.00 bits per heavy atom. The van der Waals surface area contributed by atoms with Crippen LogP contribution in [-0.4, -0.2) is 18.7 Å². The summed E-state index contributed by atoms with van der Waals surface area (Å²) in [5, 5.41) is 0. The van der Waals surface area contributed by atoms with Gasteiger partial charge in [-0.3, -0.25) is 4.98 Å². The molecule has 0 radical (unpaired) electrons. The largest absolute Gasteiger partial charge is 0.495 e. The lowest BCUT2D eigenvalue weighted by atomic mass is 10.2. The van der Waals surface area contributed by atoms with E-state index in [0.29, 0.717) is 0 Å². The summed E-state index contributed by atoms with van der Waals surface area (Å²) in [7, 11) is 1.63. The van der Waals surface area contributed by atoms with Crippen LogP contribution in [0.3, 0.4) is 0 Å². The Hall–Kier alpha value is -0.610. The van der Waals surface area contributed by atoms with E-state index in [0.717, 1.165) is 22.4 Å². The SMILES string of the molecule is COc1cncc(Br)c1C1CO1. The molecule has 1 atom stereocenters. The number of epoxide rings is 1. The van der Waals surface area contributed by atoms with Crippen molar-refractivity contribution in [1.82, 2.24) is 4.98 Å². The summed E-state index contributed by atoms with van der Waals surface area (Å²) in [5.74, 6) is 0.784. The number of ether oxygens (including phenoxy) is 2. The predicted molar refractivity (Wildman–Crippen MR) is 47.2 cm³/mol. The standard InChI is InChI=1S/C8H8BrNO2/c1-11-6-3-10-2-5(9)8(6)7-4-12-7/h2-3,7H,4H2,1H3. The number of methoxy groups -OCH3 is 1. The van der Waals surface area contributed by atoms with Crippen molar-refractivity contribution in [3.63, 3.8) is 0 Å². The van der Waals surface area contributed by atoms with Crippen LogP contribution in [0.25, 0.3) is 0 Å². The molecule has 0 spiro atoms. The fourth-order valence-corrected chi connectivity index (χ4v) is 1.69. The molecule has 0 N–H and O–H groups in total. The lowest BCUT2D eigenvalue weighted by Crippen LogP contribution is -1.93. The first-order valence-electron chi connectivity index (χ1n) is 3.62. The van der Waals surface area contributed by atoms with Crippen LogP contribution < -0.4 is 4.74 Å². The average Bonchev–Trinajstić information content (AvgIpc) is 2.87. The van der Waals surface area contributed by atoms with E-state index in [-0.39, 0.29) is 6.10 Å². The molecule has 3 nitrogen and oxygen atoms in total. The van der Waals surface area contributed by atoms with Gasteiger partial charge in [0.2, 0.25) is 0 Å². The Bertz CT molecular complexity index is 299. The third kappa shape index (κ3) is 1.32. The van der Waals surface area contributed by atoms with Crippen molar-refractivity contribution in [3.8, 4) is 5.75 Å². The van der Waals surface area contributed by atoms with Gasteiger partial charge in [-0.15, -0.1) is 0 Å². The van der Waals surface area contributed by atoms with Crippen molar-refractivity contribution in [2.24, 2.45) is 0 Å². The normalized spacial score (nSPS) is 20.7. The average molecular weight is 230 g/mol. The summed E-state index contributed by atoms with van der Waals surface area (Å²) in [6, 6.07) is 0. The van der Waals surface area contributed by atoms with Crippen molar-refractivity contribution < 1.29 is 9.47 Å². The molecule has 1 aromatic heterocycles. The van der Waals surface area contributed by atoms with Crippen LogP contribution in [0, 0.1) is 0 Å². The molecule has 0 aromatic carbocycles. The van der Waals surface area contributed by atoms with Crippen molar-refractivity contribution >= 4 is 15.9 Å². The molecule has 1 aromatic rings. The van der Waals surface area contributed by atoms with Gasteiger partial charge in [-0.2, -0.15) is 0 Å². The number of rotatable bonds is 2. The summed E-state index contributed by atoms with van der Waals surface area (Å²) >= 11 is 3.41. The first-order valence-corrected chi connectivity index (χ1v) is 4.41. The Morgan fingerprint density at radius 2 is 2.42 bits per heavy atom. The first-order chi connectivity index (χ1) is 5.83. The molecule has 1 aliphatic rings. The zero-order valence-corrected chi connectivity index (χ0v) is 8.17. The third-order valence-corrected chi connectivity index (χ3v) is 2.41. The minimum atomic E-state index is 0.192. The second kappa shape index (κ2) is 3.03. The van der Waals surface area contributed by atoms with Crippen LogP contribution in [0.4, 0.5) is 0 Å². The number of pyridine rings is 1. The Kier molecular flexibility index (Phi) is 2.02. The summed E-state index contributed by atoms with van der Waals surface area (Å²) in [6.45, 7) is 0.777. The predicted octanol–water partition coefficient (Wildman–Crippen LogP) is 1.92. The summed E-state index contributed by atoms with van der Waals surface area (Å²) in [6.07, 6.45) is 3.64. The molecule has 12 heavy (non-hydrogen) atoms. The van der Waals surface area contributed by atoms with Gasteiger partial charge in [0.15, 0.2) is 0 Å². The minimum absolute atomic E-state index is 0.192. The van der Waals surface area contributed by atoms with E-state index >= 15 is 0 Å². The highest BCUT2D eigenvalue weighted by molar-refractivity contribution is 9.10. The van der Waals surface area contributed by atoms with Gasteiger partial charge in [0.1, 0.15) is 11.9 Å². The lowest BCUT2D eigenvalue weighted by Gasteiger charge is -2.06. The fraction of sp³-hybridized carbons (Fsp3) is 0.375. The molecule has 1 saturated heterocycles. The summed E-state index contributed by atoms with van der Waals surface area (Å²) in [4.78, 5) is 4.00. The maximum Gasteiger partial charge on any atom is 0.144 e. The minimum Gasteiger partial charge on any atom is -0.495 e. The van der Waals surface area contributed by atoms with Crippen LogP contribution in [0.1, 0.15) is 11.7 Å². The molecule has 0 saturated carbocycles. The molecule has 1 unspecified atom stereocenters. The molecule has 0 amide bonds. The van der Waals surface area contributed by atoms with Crippen LogP contribution in [-0.2, 0) is 4.74 Å². The van der Waals surface area contributed by atoms with Gasteiger partial charge < -0.3 is 9.47 Å². The first kappa shape index (κ1) is 8.01.